The standard InChI is InChI=1S/C23H31N9O2/c1-23(4-7-31(14-23)20(33)17-2-5-25-17)32-6-3-16-18(15-12-26-21(24)27-13-15)28-22(29-19(16)32)30-8-10-34-11-9-30/h12-13,17,25H,2-11,14H2,1H3,(H2,24,26,27)/t17-,23-/m0/s1. The topological polar surface area (TPSA) is 126 Å². The summed E-state index contributed by atoms with van der Waals surface area (Å²) in [5.74, 6) is 2.13. The molecule has 34 heavy (non-hydrogen) atoms. The second kappa shape index (κ2) is 8.31. The van der Waals surface area contributed by atoms with Crippen molar-refractivity contribution < 1.29 is 9.53 Å². The fourth-order valence-electron chi connectivity index (χ4n) is 5.45. The number of anilines is 3. The first-order valence-corrected chi connectivity index (χ1v) is 12.1. The Bertz CT molecular complexity index is 1080. The molecule has 0 radical (unpaired) electrons. The van der Waals surface area contributed by atoms with Gasteiger partial charge in [0.15, 0.2) is 0 Å². The molecule has 11 heteroatoms. The van der Waals surface area contributed by atoms with Crippen LogP contribution in [0.15, 0.2) is 12.4 Å². The molecule has 4 aliphatic heterocycles. The molecule has 4 aliphatic rings. The van der Waals surface area contributed by atoms with E-state index >= 15 is 0 Å². The van der Waals surface area contributed by atoms with Gasteiger partial charge in [0, 0.05) is 56.2 Å². The van der Waals surface area contributed by atoms with Gasteiger partial charge in [-0.1, -0.05) is 0 Å². The molecular formula is C23H31N9O2. The summed E-state index contributed by atoms with van der Waals surface area (Å²) in [6, 6.07) is -0.0134. The molecule has 6 heterocycles. The minimum Gasteiger partial charge on any atom is -0.378 e. The zero-order valence-corrected chi connectivity index (χ0v) is 19.5. The van der Waals surface area contributed by atoms with Crippen molar-refractivity contribution in [2.45, 2.75) is 37.8 Å². The van der Waals surface area contributed by atoms with E-state index in [-0.39, 0.29) is 23.4 Å². The number of nitrogens with one attached hydrogen (secondary N) is 1. The van der Waals surface area contributed by atoms with E-state index < -0.39 is 0 Å². The van der Waals surface area contributed by atoms with Crippen molar-refractivity contribution in [3.63, 3.8) is 0 Å². The summed E-state index contributed by atoms with van der Waals surface area (Å²) in [4.78, 5) is 37.9. The highest BCUT2D eigenvalue weighted by Crippen LogP contribution is 2.41. The Hall–Kier alpha value is -3.05. The maximum absolute atomic E-state index is 12.9. The second-order valence-electron chi connectivity index (χ2n) is 9.81. The van der Waals surface area contributed by atoms with Crippen molar-refractivity contribution in [1.82, 2.24) is 30.2 Å². The van der Waals surface area contributed by atoms with Gasteiger partial charge in [-0.05, 0) is 32.7 Å². The van der Waals surface area contributed by atoms with Gasteiger partial charge in [0.1, 0.15) is 5.82 Å². The van der Waals surface area contributed by atoms with Crippen LogP contribution >= 0.6 is 0 Å². The lowest BCUT2D eigenvalue weighted by molar-refractivity contribution is -0.134. The van der Waals surface area contributed by atoms with Crippen molar-refractivity contribution in [3.8, 4) is 11.3 Å². The summed E-state index contributed by atoms with van der Waals surface area (Å²) >= 11 is 0. The van der Waals surface area contributed by atoms with Crippen LogP contribution in [-0.2, 0) is 16.0 Å². The van der Waals surface area contributed by atoms with Crippen LogP contribution in [0.2, 0.25) is 0 Å². The van der Waals surface area contributed by atoms with E-state index in [0.717, 1.165) is 74.6 Å². The molecule has 0 saturated carbocycles. The largest absolute Gasteiger partial charge is 0.378 e. The molecule has 6 rings (SSSR count). The van der Waals surface area contributed by atoms with E-state index in [9.17, 15) is 4.79 Å². The average molecular weight is 466 g/mol. The number of ether oxygens (including phenoxy) is 1. The Morgan fingerprint density at radius 1 is 1.18 bits per heavy atom. The van der Waals surface area contributed by atoms with Gasteiger partial charge < -0.3 is 30.5 Å². The Morgan fingerprint density at radius 2 is 1.94 bits per heavy atom. The number of morpholine rings is 1. The number of fused-ring (bicyclic) bond motifs is 1. The maximum Gasteiger partial charge on any atom is 0.239 e. The SMILES string of the molecule is C[C@]1(N2CCc3c(-c4cnc(N)nc4)nc(N4CCOCC4)nc32)CCN(C(=O)[C@@H]2CCN2)C1. The quantitative estimate of drug-likeness (QED) is 0.640. The van der Waals surface area contributed by atoms with E-state index in [2.05, 4.69) is 32.0 Å². The lowest BCUT2D eigenvalue weighted by Gasteiger charge is -2.38. The molecule has 3 N–H and O–H groups in total. The average Bonchev–Trinajstić information content (AvgIpc) is 3.43. The molecule has 2 aromatic rings. The number of carbonyl (C=O) groups excluding carboxylic acids is 1. The highest BCUT2D eigenvalue weighted by atomic mass is 16.5. The third kappa shape index (κ3) is 3.63. The van der Waals surface area contributed by atoms with Crippen LogP contribution in [0, 0.1) is 0 Å². The summed E-state index contributed by atoms with van der Waals surface area (Å²) < 4.78 is 5.54. The van der Waals surface area contributed by atoms with E-state index in [1.165, 1.54) is 0 Å². The van der Waals surface area contributed by atoms with Gasteiger partial charge in [0.2, 0.25) is 17.8 Å². The van der Waals surface area contributed by atoms with Crippen LogP contribution in [0.3, 0.4) is 0 Å². The molecule has 2 atom stereocenters. The summed E-state index contributed by atoms with van der Waals surface area (Å²) in [6.07, 6.45) is 6.16. The third-order valence-corrected chi connectivity index (χ3v) is 7.59. The predicted octanol–water partition coefficient (Wildman–Crippen LogP) is 0.0678. The molecule has 11 nitrogen and oxygen atoms in total. The van der Waals surface area contributed by atoms with Gasteiger partial charge in [0.05, 0.1) is 30.5 Å². The smallest absolute Gasteiger partial charge is 0.239 e. The van der Waals surface area contributed by atoms with E-state index in [1.54, 1.807) is 12.4 Å². The Kier molecular flexibility index (Phi) is 5.25. The molecule has 0 aromatic carbocycles. The fraction of sp³-hybridized carbons (Fsp3) is 0.609. The van der Waals surface area contributed by atoms with Crippen LogP contribution in [0.1, 0.15) is 25.3 Å². The second-order valence-corrected chi connectivity index (χ2v) is 9.81. The first kappa shape index (κ1) is 21.5. The summed E-state index contributed by atoms with van der Waals surface area (Å²) in [7, 11) is 0. The van der Waals surface area contributed by atoms with Crippen molar-refractivity contribution in [1.29, 1.82) is 0 Å². The van der Waals surface area contributed by atoms with Gasteiger partial charge in [-0.2, -0.15) is 4.98 Å². The number of nitrogen functional groups attached to an aromatic ring is 1. The van der Waals surface area contributed by atoms with Crippen molar-refractivity contribution in [2.75, 3.05) is 68.0 Å². The number of amides is 1. The number of carbonyl (C=O) groups is 1. The number of hydrogen-bond donors (Lipinski definition) is 2. The van der Waals surface area contributed by atoms with Gasteiger partial charge in [-0.3, -0.25) is 4.79 Å². The molecule has 3 fully saturated rings. The van der Waals surface area contributed by atoms with Crippen LogP contribution in [0.5, 0.6) is 0 Å². The number of likely N-dealkylation sites (tertiary alicyclic amines) is 1. The molecule has 0 unspecified atom stereocenters. The van der Waals surface area contributed by atoms with Crippen LogP contribution in [0.4, 0.5) is 17.7 Å². The summed E-state index contributed by atoms with van der Waals surface area (Å²) in [6.45, 7) is 8.35. The molecule has 0 bridgehead atoms. The number of rotatable bonds is 4. The lowest BCUT2D eigenvalue weighted by atomic mass is 9.99. The molecule has 0 aliphatic carbocycles. The number of nitrogens with zero attached hydrogens (tertiary/aromatic N) is 7. The Morgan fingerprint density at radius 3 is 2.65 bits per heavy atom. The normalized spacial score (nSPS) is 26.5. The van der Waals surface area contributed by atoms with E-state index in [1.807, 2.05) is 4.90 Å². The molecule has 1 amide bonds. The zero-order chi connectivity index (χ0) is 23.3. The first-order valence-electron chi connectivity index (χ1n) is 12.1. The van der Waals surface area contributed by atoms with Crippen molar-refractivity contribution >= 4 is 23.6 Å². The van der Waals surface area contributed by atoms with E-state index in [0.29, 0.717) is 25.7 Å². The molecule has 180 valence electrons. The van der Waals surface area contributed by atoms with E-state index in [4.69, 9.17) is 20.4 Å². The van der Waals surface area contributed by atoms with Gasteiger partial charge >= 0.3 is 0 Å². The fourth-order valence-corrected chi connectivity index (χ4v) is 5.45. The van der Waals surface area contributed by atoms with Crippen LogP contribution in [-0.4, -0.2) is 94.8 Å². The monoisotopic (exact) mass is 465 g/mol. The molecule has 3 saturated heterocycles. The maximum atomic E-state index is 12.9. The predicted molar refractivity (Wildman–Crippen MR) is 128 cm³/mol. The highest BCUT2D eigenvalue weighted by Gasteiger charge is 2.46. The van der Waals surface area contributed by atoms with Gasteiger partial charge in [0.25, 0.3) is 0 Å². The van der Waals surface area contributed by atoms with Crippen molar-refractivity contribution in [2.24, 2.45) is 0 Å². The zero-order valence-electron chi connectivity index (χ0n) is 19.5. The Labute approximate surface area is 198 Å². The summed E-state index contributed by atoms with van der Waals surface area (Å²) in [5.41, 5.74) is 8.38. The van der Waals surface area contributed by atoms with Gasteiger partial charge in [-0.15, -0.1) is 0 Å². The molecule has 2 aromatic heterocycles. The Balaban J connectivity index is 1.36. The van der Waals surface area contributed by atoms with Crippen LogP contribution in [0.25, 0.3) is 11.3 Å². The molecule has 0 spiro atoms. The van der Waals surface area contributed by atoms with Crippen LogP contribution < -0.4 is 20.9 Å². The minimum atomic E-state index is -0.170. The minimum absolute atomic E-state index is 0.0134. The van der Waals surface area contributed by atoms with Crippen molar-refractivity contribution in [3.05, 3.63) is 18.0 Å². The molecular weight excluding hydrogens is 434 g/mol. The first-order chi connectivity index (χ1) is 16.5. The van der Waals surface area contributed by atoms with Gasteiger partial charge in [-0.25, -0.2) is 15.0 Å². The number of nitrogens with two attached hydrogens (primary N) is 1. The number of aromatic nitrogens is 4. The third-order valence-electron chi connectivity index (χ3n) is 7.59. The summed E-state index contributed by atoms with van der Waals surface area (Å²) in [5, 5.41) is 3.25. The highest BCUT2D eigenvalue weighted by molar-refractivity contribution is 5.83. The number of hydrogen-bond acceptors (Lipinski definition) is 10. The lowest BCUT2D eigenvalue weighted by Crippen LogP contribution is -2.55.